The normalized spacial score (nSPS) is 27.7. The van der Waals surface area contributed by atoms with Crippen LogP contribution in [0.3, 0.4) is 0 Å². The van der Waals surface area contributed by atoms with Crippen molar-refractivity contribution < 1.29 is 9.21 Å². The first-order valence-electron chi connectivity index (χ1n) is 9.26. The molecule has 6 nitrogen and oxygen atoms in total. The fourth-order valence-electron chi connectivity index (χ4n) is 4.51. The van der Waals surface area contributed by atoms with Crippen LogP contribution in [-0.2, 0) is 0 Å². The molecule has 0 spiro atoms. The van der Waals surface area contributed by atoms with Crippen LogP contribution < -0.4 is 5.32 Å². The number of hydrogen-bond donors (Lipinski definition) is 1. The molecule has 3 fully saturated rings. The predicted molar refractivity (Wildman–Crippen MR) is 98.3 cm³/mol. The highest BCUT2D eigenvalue weighted by Gasteiger charge is 2.40. The van der Waals surface area contributed by atoms with Gasteiger partial charge in [0, 0.05) is 29.9 Å². The van der Waals surface area contributed by atoms with Gasteiger partial charge in [0.05, 0.1) is 11.9 Å². The number of nitrogens with one attached hydrogen (secondary N) is 1. The van der Waals surface area contributed by atoms with E-state index in [0.717, 1.165) is 24.2 Å². The Morgan fingerprint density at radius 2 is 2.04 bits per heavy atom. The SMILES string of the molecule is C[C@H]1[C@H](NC(=O)c2cc3c(-n4cccc4)coc3cn2)C2CCN1CC2. The number of pyridine rings is 1. The summed E-state index contributed by atoms with van der Waals surface area (Å²) in [6.45, 7) is 4.52. The first-order chi connectivity index (χ1) is 12.7. The van der Waals surface area contributed by atoms with Crippen molar-refractivity contribution in [3.8, 4) is 5.69 Å². The van der Waals surface area contributed by atoms with E-state index in [2.05, 4.69) is 22.1 Å². The van der Waals surface area contributed by atoms with Crippen molar-refractivity contribution in [3.63, 3.8) is 0 Å². The third-order valence-electron chi connectivity index (χ3n) is 6.03. The maximum absolute atomic E-state index is 12.9. The van der Waals surface area contributed by atoms with Crippen LogP contribution in [0, 0.1) is 5.92 Å². The van der Waals surface area contributed by atoms with E-state index in [-0.39, 0.29) is 11.9 Å². The lowest BCUT2D eigenvalue weighted by atomic mass is 9.79. The Morgan fingerprint density at radius 3 is 2.77 bits per heavy atom. The number of piperidine rings is 3. The summed E-state index contributed by atoms with van der Waals surface area (Å²) >= 11 is 0. The van der Waals surface area contributed by atoms with Crippen LogP contribution in [0.4, 0.5) is 0 Å². The first-order valence-corrected chi connectivity index (χ1v) is 9.26. The summed E-state index contributed by atoms with van der Waals surface area (Å²) in [6, 6.07) is 6.34. The minimum absolute atomic E-state index is 0.0999. The van der Waals surface area contributed by atoms with Crippen molar-refractivity contribution in [1.29, 1.82) is 0 Å². The number of rotatable bonds is 3. The molecule has 6 heteroatoms. The van der Waals surface area contributed by atoms with Gasteiger partial charge in [-0.05, 0) is 57.0 Å². The molecule has 6 rings (SSSR count). The zero-order valence-electron chi connectivity index (χ0n) is 14.8. The Kier molecular flexibility index (Phi) is 3.60. The van der Waals surface area contributed by atoms with Crippen LogP contribution >= 0.6 is 0 Å². The molecule has 0 aliphatic carbocycles. The third kappa shape index (κ3) is 2.44. The Labute approximate surface area is 151 Å². The smallest absolute Gasteiger partial charge is 0.270 e. The summed E-state index contributed by atoms with van der Waals surface area (Å²) in [4.78, 5) is 19.7. The van der Waals surface area contributed by atoms with Gasteiger partial charge in [-0.2, -0.15) is 0 Å². The number of nitrogens with zero attached hydrogens (tertiary/aromatic N) is 3. The summed E-state index contributed by atoms with van der Waals surface area (Å²) in [6.07, 6.45) is 9.59. The summed E-state index contributed by atoms with van der Waals surface area (Å²) in [5.41, 5.74) is 2.04. The Bertz CT molecular complexity index is 936. The lowest BCUT2D eigenvalue weighted by Crippen LogP contribution is -2.62. The topological polar surface area (TPSA) is 63.3 Å². The van der Waals surface area contributed by atoms with Gasteiger partial charge < -0.3 is 14.3 Å². The Morgan fingerprint density at radius 1 is 1.27 bits per heavy atom. The number of carbonyl (C=O) groups is 1. The molecule has 2 atom stereocenters. The highest BCUT2D eigenvalue weighted by atomic mass is 16.3. The van der Waals surface area contributed by atoms with Gasteiger partial charge in [0.1, 0.15) is 12.0 Å². The van der Waals surface area contributed by atoms with E-state index < -0.39 is 0 Å². The molecule has 0 radical (unpaired) electrons. The molecule has 0 unspecified atom stereocenters. The molecule has 3 aromatic heterocycles. The predicted octanol–water partition coefficient (Wildman–Crippen LogP) is 2.83. The summed E-state index contributed by atoms with van der Waals surface area (Å²) in [5, 5.41) is 4.14. The molecule has 3 aromatic rings. The van der Waals surface area contributed by atoms with Gasteiger partial charge >= 0.3 is 0 Å². The maximum atomic E-state index is 12.9. The van der Waals surface area contributed by atoms with Crippen molar-refractivity contribution in [2.75, 3.05) is 13.1 Å². The van der Waals surface area contributed by atoms with E-state index in [1.807, 2.05) is 35.2 Å². The molecule has 3 aliphatic rings. The zero-order chi connectivity index (χ0) is 17.7. The molecule has 3 aliphatic heterocycles. The minimum atomic E-state index is -0.0999. The molecular weight excluding hydrogens is 328 g/mol. The molecule has 1 N–H and O–H groups in total. The highest BCUT2D eigenvalue weighted by molar-refractivity contribution is 5.97. The number of fused-ring (bicyclic) bond motifs is 4. The second-order valence-electron chi connectivity index (χ2n) is 7.39. The van der Waals surface area contributed by atoms with Gasteiger partial charge in [-0.3, -0.25) is 9.69 Å². The molecule has 2 bridgehead atoms. The van der Waals surface area contributed by atoms with E-state index in [1.54, 1.807) is 12.5 Å². The molecule has 0 aromatic carbocycles. The van der Waals surface area contributed by atoms with Crippen LogP contribution in [0.5, 0.6) is 0 Å². The third-order valence-corrected chi connectivity index (χ3v) is 6.03. The minimum Gasteiger partial charge on any atom is -0.460 e. The standard InChI is InChI=1S/C20H22N4O2/c1-13-19(14-4-8-23(13)9-5-14)22-20(25)16-10-15-17(24-6-2-3-7-24)12-26-18(15)11-21-16/h2-3,6-7,10-14,19H,4-5,8-9H2,1H3,(H,22,25)/t13-,19-/m0/s1. The molecular formula is C20H22N4O2. The number of furan rings is 1. The fraction of sp³-hybridized carbons (Fsp3) is 0.400. The summed E-state index contributed by atoms with van der Waals surface area (Å²) in [5.74, 6) is 0.476. The number of carbonyl (C=O) groups excluding carboxylic acids is 1. The quantitative estimate of drug-likeness (QED) is 0.789. The van der Waals surface area contributed by atoms with Crippen molar-refractivity contribution in [3.05, 3.63) is 48.7 Å². The average Bonchev–Trinajstić information content (AvgIpc) is 3.33. The number of aromatic nitrogens is 2. The molecule has 26 heavy (non-hydrogen) atoms. The molecule has 3 saturated heterocycles. The average molecular weight is 350 g/mol. The monoisotopic (exact) mass is 350 g/mol. The molecule has 134 valence electrons. The molecule has 0 saturated carbocycles. The van der Waals surface area contributed by atoms with Gasteiger partial charge in [0.2, 0.25) is 0 Å². The number of amides is 1. The highest BCUT2D eigenvalue weighted by Crippen LogP contribution is 2.32. The largest absolute Gasteiger partial charge is 0.460 e. The van der Waals surface area contributed by atoms with Crippen LogP contribution in [0.2, 0.25) is 0 Å². The van der Waals surface area contributed by atoms with Gasteiger partial charge in [-0.1, -0.05) is 0 Å². The van der Waals surface area contributed by atoms with Gasteiger partial charge in [0.25, 0.3) is 5.91 Å². The lowest BCUT2D eigenvalue weighted by Gasteiger charge is -2.49. The van der Waals surface area contributed by atoms with E-state index in [1.165, 1.54) is 12.8 Å². The first kappa shape index (κ1) is 15.6. The van der Waals surface area contributed by atoms with Crippen molar-refractivity contribution >= 4 is 16.9 Å². The van der Waals surface area contributed by atoms with Crippen molar-refractivity contribution in [2.24, 2.45) is 5.92 Å². The van der Waals surface area contributed by atoms with Crippen LogP contribution in [0.1, 0.15) is 30.3 Å². The lowest BCUT2D eigenvalue weighted by molar-refractivity contribution is 0.0216. The van der Waals surface area contributed by atoms with E-state index >= 15 is 0 Å². The summed E-state index contributed by atoms with van der Waals surface area (Å²) < 4.78 is 7.57. The molecule has 6 heterocycles. The van der Waals surface area contributed by atoms with Crippen LogP contribution in [-0.4, -0.2) is 45.5 Å². The zero-order valence-corrected chi connectivity index (χ0v) is 14.8. The van der Waals surface area contributed by atoms with Gasteiger partial charge in [0.15, 0.2) is 5.58 Å². The van der Waals surface area contributed by atoms with Gasteiger partial charge in [-0.15, -0.1) is 0 Å². The van der Waals surface area contributed by atoms with E-state index in [9.17, 15) is 4.79 Å². The fourth-order valence-corrected chi connectivity index (χ4v) is 4.51. The van der Waals surface area contributed by atoms with Gasteiger partial charge in [-0.25, -0.2) is 4.98 Å². The number of hydrogen-bond acceptors (Lipinski definition) is 4. The maximum Gasteiger partial charge on any atom is 0.270 e. The van der Waals surface area contributed by atoms with E-state index in [4.69, 9.17) is 4.42 Å². The summed E-state index contributed by atoms with van der Waals surface area (Å²) in [7, 11) is 0. The molecule has 1 amide bonds. The Hall–Kier alpha value is -2.60. The van der Waals surface area contributed by atoms with Crippen LogP contribution in [0.25, 0.3) is 16.7 Å². The van der Waals surface area contributed by atoms with E-state index in [0.29, 0.717) is 23.2 Å². The van der Waals surface area contributed by atoms with Crippen LogP contribution in [0.15, 0.2) is 47.5 Å². The second-order valence-corrected chi connectivity index (χ2v) is 7.39. The second kappa shape index (κ2) is 5.99. The van der Waals surface area contributed by atoms with Crippen molar-refractivity contribution in [2.45, 2.75) is 31.8 Å². The Balaban J connectivity index is 1.43. The van der Waals surface area contributed by atoms with Crippen molar-refractivity contribution in [1.82, 2.24) is 19.8 Å².